The Bertz CT molecular complexity index is 1230. The molecule has 5 rings (SSSR count). The lowest BCUT2D eigenvalue weighted by atomic mass is 10.0. The van der Waals surface area contributed by atoms with E-state index in [9.17, 15) is 13.6 Å². The van der Waals surface area contributed by atoms with E-state index in [1.54, 1.807) is 19.5 Å². The molecule has 2 aliphatic heterocycles. The number of benzene rings is 2. The number of amides is 1. The Hall–Kier alpha value is -3.48. The molecule has 2 saturated heterocycles. The van der Waals surface area contributed by atoms with Crippen LogP contribution in [0.1, 0.15) is 42.1 Å². The fourth-order valence-corrected chi connectivity index (χ4v) is 4.82. The number of aryl methyl sites for hydroxylation is 1. The van der Waals surface area contributed by atoms with Gasteiger partial charge in [0, 0.05) is 17.8 Å². The minimum absolute atomic E-state index is 0.0458. The van der Waals surface area contributed by atoms with Gasteiger partial charge in [-0.15, -0.1) is 0 Å². The van der Waals surface area contributed by atoms with Crippen LogP contribution >= 0.6 is 0 Å². The number of rotatable bonds is 4. The zero-order valence-electron chi connectivity index (χ0n) is 17.9. The first-order valence-corrected chi connectivity index (χ1v) is 10.6. The van der Waals surface area contributed by atoms with Gasteiger partial charge in [0.1, 0.15) is 5.75 Å². The summed E-state index contributed by atoms with van der Waals surface area (Å²) in [5.41, 5.74) is 4.01. The van der Waals surface area contributed by atoms with Crippen molar-refractivity contribution >= 4 is 12.0 Å². The van der Waals surface area contributed by atoms with Gasteiger partial charge in [0.15, 0.2) is 11.6 Å². The molecule has 2 atom stereocenters. The summed E-state index contributed by atoms with van der Waals surface area (Å²) in [7, 11) is 1.61. The summed E-state index contributed by atoms with van der Waals surface area (Å²) in [6, 6.07) is 9.56. The molecule has 2 aliphatic rings. The number of methoxy groups -OCH3 is 1. The highest BCUT2D eigenvalue weighted by molar-refractivity contribution is 6.01. The number of carbonyl (C=O) groups excluding carboxylic acids is 1. The van der Waals surface area contributed by atoms with Crippen LogP contribution in [0.15, 0.2) is 54.5 Å². The van der Waals surface area contributed by atoms with Crippen molar-refractivity contribution in [2.24, 2.45) is 0 Å². The standard InChI is InChI=1S/C25H23F2N3O2/c1-15-13-29(14-28-15)23-7-3-16(10-24(23)32-2)9-18-11-19-5-8-22(30(19)25(18)31)17-4-6-20(26)21(27)12-17/h3-4,6-7,9-10,12-14,19,22H,5,8,11H2,1-2H3/b18-9+/t19-,22+/m0/s1. The smallest absolute Gasteiger partial charge is 0.250 e. The lowest BCUT2D eigenvalue weighted by Gasteiger charge is -2.24. The van der Waals surface area contributed by atoms with Gasteiger partial charge >= 0.3 is 0 Å². The van der Waals surface area contributed by atoms with Crippen LogP contribution in [0.25, 0.3) is 11.8 Å². The van der Waals surface area contributed by atoms with Crippen molar-refractivity contribution in [3.05, 3.63) is 83.0 Å². The lowest BCUT2D eigenvalue weighted by molar-refractivity contribution is -0.127. The van der Waals surface area contributed by atoms with Crippen molar-refractivity contribution < 1.29 is 18.3 Å². The number of fused-ring (bicyclic) bond motifs is 1. The molecule has 32 heavy (non-hydrogen) atoms. The molecule has 2 fully saturated rings. The average Bonchev–Trinajstić information content (AvgIpc) is 3.47. The van der Waals surface area contributed by atoms with E-state index in [4.69, 9.17) is 4.74 Å². The van der Waals surface area contributed by atoms with Crippen LogP contribution in [0.4, 0.5) is 8.78 Å². The molecule has 0 unspecified atom stereocenters. The number of halogens is 2. The second-order valence-electron chi connectivity index (χ2n) is 8.36. The molecule has 0 saturated carbocycles. The topological polar surface area (TPSA) is 47.4 Å². The first-order valence-electron chi connectivity index (χ1n) is 10.6. The van der Waals surface area contributed by atoms with Crippen LogP contribution < -0.4 is 4.74 Å². The molecule has 2 aromatic carbocycles. The van der Waals surface area contributed by atoms with Gasteiger partial charge < -0.3 is 14.2 Å². The van der Waals surface area contributed by atoms with Crippen LogP contribution in [0, 0.1) is 18.6 Å². The van der Waals surface area contributed by atoms with Gasteiger partial charge in [-0.2, -0.15) is 0 Å². The number of hydrogen-bond donors (Lipinski definition) is 0. The quantitative estimate of drug-likeness (QED) is 0.543. The minimum Gasteiger partial charge on any atom is -0.495 e. The van der Waals surface area contributed by atoms with Crippen molar-refractivity contribution in [2.75, 3.05) is 7.11 Å². The summed E-state index contributed by atoms with van der Waals surface area (Å²) in [6.07, 6.45) is 7.79. The van der Waals surface area contributed by atoms with Gasteiger partial charge in [-0.3, -0.25) is 4.79 Å². The van der Waals surface area contributed by atoms with Crippen LogP contribution in [0.3, 0.4) is 0 Å². The Morgan fingerprint density at radius 1 is 1.12 bits per heavy atom. The summed E-state index contributed by atoms with van der Waals surface area (Å²) < 4.78 is 34.6. The molecule has 5 nitrogen and oxygen atoms in total. The molecule has 1 aromatic heterocycles. The molecule has 0 aliphatic carbocycles. The normalized spacial score (nSPS) is 21.4. The first-order chi connectivity index (χ1) is 15.4. The predicted molar refractivity (Wildman–Crippen MR) is 116 cm³/mol. The number of imidazole rings is 1. The molecule has 3 heterocycles. The highest BCUT2D eigenvalue weighted by atomic mass is 19.2. The SMILES string of the molecule is COc1cc(/C=C2\C[C@@H]3CC[C@H](c4ccc(F)c(F)c4)N3C2=O)ccc1-n1cnc(C)c1. The predicted octanol–water partition coefficient (Wildman–Crippen LogP) is 4.99. The third-order valence-electron chi connectivity index (χ3n) is 6.33. The second-order valence-corrected chi connectivity index (χ2v) is 8.36. The molecule has 1 amide bonds. The maximum Gasteiger partial charge on any atom is 0.250 e. The summed E-state index contributed by atoms with van der Waals surface area (Å²) >= 11 is 0. The summed E-state index contributed by atoms with van der Waals surface area (Å²) in [6.45, 7) is 1.92. The van der Waals surface area contributed by atoms with Crippen molar-refractivity contribution in [2.45, 2.75) is 38.3 Å². The van der Waals surface area contributed by atoms with Crippen molar-refractivity contribution in [3.8, 4) is 11.4 Å². The zero-order valence-corrected chi connectivity index (χ0v) is 17.9. The molecular formula is C25H23F2N3O2. The zero-order chi connectivity index (χ0) is 22.4. The highest BCUT2D eigenvalue weighted by Gasteiger charge is 2.44. The van der Waals surface area contributed by atoms with Crippen LogP contribution in [0.5, 0.6) is 5.75 Å². The second kappa shape index (κ2) is 7.89. The Morgan fingerprint density at radius 3 is 2.69 bits per heavy atom. The van der Waals surface area contributed by atoms with Gasteiger partial charge in [0.05, 0.1) is 30.9 Å². The van der Waals surface area contributed by atoms with Gasteiger partial charge in [0.25, 0.3) is 5.91 Å². The van der Waals surface area contributed by atoms with E-state index < -0.39 is 11.6 Å². The maximum absolute atomic E-state index is 13.8. The Balaban J connectivity index is 1.42. The van der Waals surface area contributed by atoms with Gasteiger partial charge in [-0.25, -0.2) is 13.8 Å². The molecule has 0 spiro atoms. The van der Waals surface area contributed by atoms with E-state index in [-0.39, 0.29) is 18.0 Å². The molecule has 164 valence electrons. The van der Waals surface area contributed by atoms with E-state index in [2.05, 4.69) is 4.98 Å². The van der Waals surface area contributed by atoms with E-state index in [0.29, 0.717) is 17.7 Å². The third kappa shape index (κ3) is 3.47. The van der Waals surface area contributed by atoms with Crippen LogP contribution in [-0.2, 0) is 4.79 Å². The Morgan fingerprint density at radius 2 is 1.97 bits per heavy atom. The first kappa shape index (κ1) is 20.4. The molecule has 7 heteroatoms. The van der Waals surface area contributed by atoms with Gasteiger partial charge in [-0.1, -0.05) is 12.1 Å². The number of hydrogen-bond acceptors (Lipinski definition) is 3. The van der Waals surface area contributed by atoms with Crippen molar-refractivity contribution in [1.82, 2.24) is 14.5 Å². The van der Waals surface area contributed by atoms with Crippen LogP contribution in [0.2, 0.25) is 0 Å². The van der Waals surface area contributed by atoms with Crippen molar-refractivity contribution in [3.63, 3.8) is 0 Å². The monoisotopic (exact) mass is 435 g/mol. The van der Waals surface area contributed by atoms with E-state index in [0.717, 1.165) is 41.4 Å². The summed E-state index contributed by atoms with van der Waals surface area (Å²) in [5.74, 6) is -1.12. The number of nitrogens with zero attached hydrogens (tertiary/aromatic N) is 3. The number of ether oxygens (including phenoxy) is 1. The van der Waals surface area contributed by atoms with E-state index in [1.807, 2.05) is 46.9 Å². The van der Waals surface area contributed by atoms with Crippen LogP contribution in [-0.4, -0.2) is 33.5 Å². The number of carbonyl (C=O) groups is 1. The molecule has 0 bridgehead atoms. The van der Waals surface area contributed by atoms with E-state index in [1.165, 1.54) is 6.07 Å². The average molecular weight is 435 g/mol. The number of aromatic nitrogens is 2. The third-order valence-corrected chi connectivity index (χ3v) is 6.33. The van der Waals surface area contributed by atoms with Gasteiger partial charge in [0.2, 0.25) is 0 Å². The minimum atomic E-state index is -0.881. The molecular weight excluding hydrogens is 412 g/mol. The fraction of sp³-hybridized carbons (Fsp3) is 0.280. The molecule has 0 N–H and O–H groups in total. The highest BCUT2D eigenvalue weighted by Crippen LogP contribution is 2.44. The fourth-order valence-electron chi connectivity index (χ4n) is 4.82. The van der Waals surface area contributed by atoms with E-state index >= 15 is 0 Å². The van der Waals surface area contributed by atoms with Gasteiger partial charge in [-0.05, 0) is 67.7 Å². The lowest BCUT2D eigenvalue weighted by Crippen LogP contribution is -2.30. The summed E-state index contributed by atoms with van der Waals surface area (Å²) in [4.78, 5) is 19.3. The largest absolute Gasteiger partial charge is 0.495 e. The molecule has 0 radical (unpaired) electrons. The Kier molecular flexibility index (Phi) is 5.04. The maximum atomic E-state index is 13.8. The summed E-state index contributed by atoms with van der Waals surface area (Å²) in [5, 5.41) is 0. The van der Waals surface area contributed by atoms with Crippen molar-refractivity contribution in [1.29, 1.82) is 0 Å². The Labute approximate surface area is 184 Å². The molecule has 3 aromatic rings.